The van der Waals surface area contributed by atoms with E-state index in [9.17, 15) is 9.90 Å². The van der Waals surface area contributed by atoms with Gasteiger partial charge in [0.05, 0.1) is 21.4 Å². The SMILES string of the molecule is NC(=O)c1nn([C@@H]2CN3CCC2CC3)c2ccc(Br)c(O)c12. The third-order valence-electron chi connectivity index (χ3n) is 4.97. The van der Waals surface area contributed by atoms with Crippen molar-refractivity contribution in [3.05, 3.63) is 22.3 Å². The smallest absolute Gasteiger partial charge is 0.269 e. The van der Waals surface area contributed by atoms with Crippen molar-refractivity contribution in [2.75, 3.05) is 19.6 Å². The Balaban J connectivity index is 1.92. The van der Waals surface area contributed by atoms with Crippen LogP contribution < -0.4 is 5.73 Å². The molecule has 1 aromatic carbocycles. The Morgan fingerprint density at radius 1 is 1.36 bits per heavy atom. The molecule has 0 radical (unpaired) electrons. The number of fused-ring (bicyclic) bond motifs is 4. The van der Waals surface area contributed by atoms with Crippen molar-refractivity contribution in [3.63, 3.8) is 0 Å². The molecule has 1 atom stereocenters. The Hall–Kier alpha value is -1.60. The number of benzene rings is 1. The first-order valence-electron chi connectivity index (χ1n) is 7.48. The van der Waals surface area contributed by atoms with Crippen molar-refractivity contribution < 1.29 is 9.90 Å². The Labute approximate surface area is 136 Å². The number of rotatable bonds is 2. The molecule has 1 amide bonds. The third kappa shape index (κ3) is 1.95. The predicted octanol–water partition coefficient (Wildman–Crippen LogP) is 1.87. The Bertz CT molecular complexity index is 764. The molecule has 0 spiro atoms. The van der Waals surface area contributed by atoms with Gasteiger partial charge in [-0.2, -0.15) is 5.10 Å². The lowest BCUT2D eigenvalue weighted by Gasteiger charge is -2.44. The number of halogens is 1. The topological polar surface area (TPSA) is 84.4 Å². The molecule has 0 saturated carbocycles. The fraction of sp³-hybridized carbons (Fsp3) is 0.467. The van der Waals surface area contributed by atoms with E-state index in [0.29, 0.717) is 15.8 Å². The monoisotopic (exact) mass is 364 g/mol. The molecule has 3 aliphatic rings. The Kier molecular flexibility index (Phi) is 3.16. The van der Waals surface area contributed by atoms with Gasteiger partial charge in [0, 0.05) is 6.54 Å². The highest BCUT2D eigenvalue weighted by atomic mass is 79.9. The van der Waals surface area contributed by atoms with Gasteiger partial charge in [-0.1, -0.05) is 0 Å². The molecule has 5 rings (SSSR count). The van der Waals surface area contributed by atoms with Crippen molar-refractivity contribution in [1.29, 1.82) is 0 Å². The number of piperidine rings is 3. The number of nitrogens with zero attached hydrogens (tertiary/aromatic N) is 3. The van der Waals surface area contributed by atoms with Crippen LogP contribution in [0.1, 0.15) is 29.4 Å². The summed E-state index contributed by atoms with van der Waals surface area (Å²) in [6.45, 7) is 3.22. The average molecular weight is 365 g/mol. The van der Waals surface area contributed by atoms with Gasteiger partial charge in [-0.15, -0.1) is 0 Å². The van der Waals surface area contributed by atoms with E-state index in [0.717, 1.165) is 38.0 Å². The number of carbonyl (C=O) groups excluding carboxylic acids is 1. The van der Waals surface area contributed by atoms with E-state index in [2.05, 4.69) is 25.9 Å². The number of hydrogen-bond donors (Lipinski definition) is 2. The van der Waals surface area contributed by atoms with E-state index in [1.807, 2.05) is 10.7 Å². The second-order valence-corrected chi connectivity index (χ2v) is 7.01. The summed E-state index contributed by atoms with van der Waals surface area (Å²) in [7, 11) is 0. The first-order chi connectivity index (χ1) is 10.6. The summed E-state index contributed by atoms with van der Waals surface area (Å²) in [5.74, 6) is -0.0168. The number of amides is 1. The minimum Gasteiger partial charge on any atom is -0.506 e. The van der Waals surface area contributed by atoms with Crippen LogP contribution in [0.3, 0.4) is 0 Å². The van der Waals surface area contributed by atoms with Gasteiger partial charge in [0.15, 0.2) is 5.69 Å². The minimum absolute atomic E-state index is 0.0267. The largest absolute Gasteiger partial charge is 0.506 e. The fourth-order valence-corrected chi connectivity index (χ4v) is 4.16. The van der Waals surface area contributed by atoms with E-state index in [1.54, 1.807) is 6.07 Å². The Morgan fingerprint density at radius 2 is 2.09 bits per heavy atom. The normalized spacial score (nSPS) is 27.4. The molecule has 4 heterocycles. The third-order valence-corrected chi connectivity index (χ3v) is 5.61. The van der Waals surface area contributed by atoms with Crippen molar-refractivity contribution in [2.24, 2.45) is 11.7 Å². The molecule has 3 N–H and O–H groups in total. The molecule has 0 unspecified atom stereocenters. The molecule has 116 valence electrons. The lowest BCUT2D eigenvalue weighted by molar-refractivity contribution is 0.0531. The standard InChI is InChI=1S/C15H17BrN4O2/c16-9-1-2-10-12(14(9)21)13(15(17)22)18-20(10)11-7-19-5-3-8(11)4-6-19/h1-2,8,11,21H,3-7H2,(H2,17,22)/t11-/m1/s1. The van der Waals surface area contributed by atoms with Gasteiger partial charge in [0.1, 0.15) is 5.75 Å². The van der Waals surface area contributed by atoms with Crippen LogP contribution in [0.15, 0.2) is 16.6 Å². The number of phenols is 1. The number of carbonyl (C=O) groups is 1. The molecule has 22 heavy (non-hydrogen) atoms. The number of aromatic hydroxyl groups is 1. The van der Waals surface area contributed by atoms with Crippen LogP contribution in [0.4, 0.5) is 0 Å². The molecule has 2 aromatic rings. The summed E-state index contributed by atoms with van der Waals surface area (Å²) in [6.07, 6.45) is 2.31. The fourth-order valence-electron chi connectivity index (χ4n) is 3.83. The van der Waals surface area contributed by atoms with Gasteiger partial charge >= 0.3 is 0 Å². The maximum absolute atomic E-state index is 11.7. The van der Waals surface area contributed by atoms with E-state index < -0.39 is 5.91 Å². The van der Waals surface area contributed by atoms with Gasteiger partial charge in [0.2, 0.25) is 0 Å². The highest BCUT2D eigenvalue weighted by Crippen LogP contribution is 2.40. The number of nitrogens with two attached hydrogens (primary N) is 1. The van der Waals surface area contributed by atoms with Crippen LogP contribution in [-0.2, 0) is 0 Å². The summed E-state index contributed by atoms with van der Waals surface area (Å²) in [5, 5.41) is 15.2. The zero-order valence-corrected chi connectivity index (χ0v) is 13.6. The number of aromatic nitrogens is 2. The average Bonchev–Trinajstić information content (AvgIpc) is 2.92. The van der Waals surface area contributed by atoms with Crippen molar-refractivity contribution in [2.45, 2.75) is 18.9 Å². The van der Waals surface area contributed by atoms with E-state index in [-0.39, 0.29) is 17.5 Å². The highest BCUT2D eigenvalue weighted by molar-refractivity contribution is 9.10. The van der Waals surface area contributed by atoms with Gasteiger partial charge in [-0.25, -0.2) is 0 Å². The second kappa shape index (κ2) is 4.96. The van der Waals surface area contributed by atoms with Gasteiger partial charge in [-0.05, 0) is 59.9 Å². The van der Waals surface area contributed by atoms with Crippen molar-refractivity contribution in [3.8, 4) is 5.75 Å². The van der Waals surface area contributed by atoms with Crippen LogP contribution in [-0.4, -0.2) is 45.3 Å². The molecule has 3 saturated heterocycles. The minimum atomic E-state index is -0.613. The van der Waals surface area contributed by atoms with Crippen LogP contribution in [0.25, 0.3) is 10.9 Å². The maximum Gasteiger partial charge on any atom is 0.269 e. The Morgan fingerprint density at radius 3 is 2.68 bits per heavy atom. The van der Waals surface area contributed by atoms with Crippen LogP contribution >= 0.6 is 15.9 Å². The highest BCUT2D eigenvalue weighted by Gasteiger charge is 2.37. The van der Waals surface area contributed by atoms with Gasteiger partial charge in [-0.3, -0.25) is 9.48 Å². The van der Waals surface area contributed by atoms with Crippen molar-refractivity contribution >= 4 is 32.7 Å². The first kappa shape index (κ1) is 14.0. The quantitative estimate of drug-likeness (QED) is 0.851. The number of phenolic OH excluding ortho intramolecular Hbond substituents is 1. The molecular formula is C15H17BrN4O2. The summed E-state index contributed by atoms with van der Waals surface area (Å²) in [6, 6.07) is 3.90. The predicted molar refractivity (Wildman–Crippen MR) is 85.8 cm³/mol. The maximum atomic E-state index is 11.7. The molecule has 3 fully saturated rings. The molecule has 0 aliphatic carbocycles. The van der Waals surface area contributed by atoms with Crippen LogP contribution in [0, 0.1) is 5.92 Å². The summed E-state index contributed by atoms with van der Waals surface area (Å²) >= 11 is 3.29. The summed E-state index contributed by atoms with van der Waals surface area (Å²) in [5.41, 5.74) is 6.38. The van der Waals surface area contributed by atoms with E-state index in [4.69, 9.17) is 5.73 Å². The summed E-state index contributed by atoms with van der Waals surface area (Å²) < 4.78 is 2.44. The van der Waals surface area contributed by atoms with E-state index >= 15 is 0 Å². The van der Waals surface area contributed by atoms with E-state index in [1.165, 1.54) is 0 Å². The zero-order chi connectivity index (χ0) is 15.4. The molecule has 7 heteroatoms. The lowest BCUT2D eigenvalue weighted by atomic mass is 9.84. The van der Waals surface area contributed by atoms with Gasteiger partial charge in [0.25, 0.3) is 5.91 Å². The summed E-state index contributed by atoms with van der Waals surface area (Å²) in [4.78, 5) is 14.2. The van der Waals surface area contributed by atoms with Crippen molar-refractivity contribution in [1.82, 2.24) is 14.7 Å². The van der Waals surface area contributed by atoms with Crippen LogP contribution in [0.5, 0.6) is 5.75 Å². The molecule has 1 aromatic heterocycles. The first-order valence-corrected chi connectivity index (χ1v) is 8.27. The number of primary amides is 1. The lowest BCUT2D eigenvalue weighted by Crippen LogP contribution is -2.48. The molecule has 6 nitrogen and oxygen atoms in total. The number of hydrogen-bond acceptors (Lipinski definition) is 4. The van der Waals surface area contributed by atoms with Gasteiger partial charge < -0.3 is 15.7 Å². The second-order valence-electron chi connectivity index (χ2n) is 6.15. The molecule has 2 bridgehead atoms. The zero-order valence-electron chi connectivity index (χ0n) is 12.0. The van der Waals surface area contributed by atoms with Crippen LogP contribution in [0.2, 0.25) is 0 Å². The molecule has 3 aliphatic heterocycles. The molecular weight excluding hydrogens is 348 g/mol.